The van der Waals surface area contributed by atoms with Gasteiger partial charge in [0.05, 0.1) is 16.0 Å². The number of nitrogens with two attached hydrogens (primary N) is 1. The summed E-state index contributed by atoms with van der Waals surface area (Å²) in [6, 6.07) is 3.17. The Labute approximate surface area is 123 Å². The van der Waals surface area contributed by atoms with Crippen LogP contribution in [0.2, 0.25) is 0 Å². The van der Waals surface area contributed by atoms with Crippen LogP contribution in [0.4, 0.5) is 10.1 Å². The number of hydrogen-bond donors (Lipinski definition) is 3. The number of anilines is 1. The predicted octanol–water partition coefficient (Wildman–Crippen LogP) is 1.77. The van der Waals surface area contributed by atoms with Crippen molar-refractivity contribution in [1.82, 2.24) is 0 Å². The maximum absolute atomic E-state index is 14.0. The van der Waals surface area contributed by atoms with E-state index in [1.165, 1.54) is 19.9 Å². The Morgan fingerprint density at radius 1 is 1.29 bits per heavy atom. The van der Waals surface area contributed by atoms with Crippen LogP contribution in [0.15, 0.2) is 23.1 Å². The van der Waals surface area contributed by atoms with E-state index < -0.39 is 32.8 Å². The van der Waals surface area contributed by atoms with Gasteiger partial charge in [0, 0.05) is 5.54 Å². The maximum Gasteiger partial charge on any atom is 0.311 e. The van der Waals surface area contributed by atoms with E-state index in [1.807, 2.05) is 0 Å². The van der Waals surface area contributed by atoms with E-state index in [0.29, 0.717) is 0 Å². The van der Waals surface area contributed by atoms with Gasteiger partial charge in [-0.05, 0) is 45.9 Å². The summed E-state index contributed by atoms with van der Waals surface area (Å²) >= 11 is 0. The molecule has 0 radical (unpaired) electrons. The van der Waals surface area contributed by atoms with Crippen molar-refractivity contribution in [2.45, 2.75) is 38.1 Å². The van der Waals surface area contributed by atoms with E-state index in [0.717, 1.165) is 12.1 Å². The van der Waals surface area contributed by atoms with E-state index in [9.17, 15) is 22.7 Å². The summed E-state index contributed by atoms with van der Waals surface area (Å²) in [6.45, 7) is 6.26. The van der Waals surface area contributed by atoms with Crippen molar-refractivity contribution in [3.63, 3.8) is 0 Å². The molecule has 21 heavy (non-hydrogen) atoms. The maximum atomic E-state index is 14.0. The second-order valence-corrected chi connectivity index (χ2v) is 7.43. The molecule has 0 spiro atoms. The predicted molar refractivity (Wildman–Crippen MR) is 76.9 cm³/mol. The Kier molecular flexibility index (Phi) is 4.36. The van der Waals surface area contributed by atoms with Gasteiger partial charge in [-0.25, -0.2) is 17.9 Å². The van der Waals surface area contributed by atoms with Gasteiger partial charge in [-0.15, -0.1) is 0 Å². The fourth-order valence-electron chi connectivity index (χ4n) is 1.53. The van der Waals surface area contributed by atoms with E-state index in [1.54, 1.807) is 13.8 Å². The molecule has 0 saturated carbocycles. The van der Waals surface area contributed by atoms with E-state index >= 15 is 0 Å². The molecule has 0 fully saturated rings. The number of rotatable bonds is 5. The molecule has 0 heterocycles. The Morgan fingerprint density at radius 2 is 1.81 bits per heavy atom. The van der Waals surface area contributed by atoms with Gasteiger partial charge in [0.25, 0.3) is 0 Å². The SMILES string of the molecule is CC(C)(Nc1ccc(S(N)(=O)=O)cc1F)C(C)(C)C(=O)O. The summed E-state index contributed by atoms with van der Waals surface area (Å²) in [6.07, 6.45) is 0. The molecule has 0 unspecified atom stereocenters. The molecule has 8 heteroatoms. The smallest absolute Gasteiger partial charge is 0.311 e. The van der Waals surface area contributed by atoms with Crippen molar-refractivity contribution in [2.24, 2.45) is 10.6 Å². The van der Waals surface area contributed by atoms with Crippen molar-refractivity contribution < 1.29 is 22.7 Å². The highest BCUT2D eigenvalue weighted by molar-refractivity contribution is 7.89. The van der Waals surface area contributed by atoms with Gasteiger partial charge in [-0.3, -0.25) is 4.79 Å². The molecule has 0 aliphatic carbocycles. The average Bonchev–Trinajstić information content (AvgIpc) is 2.29. The first-order chi connectivity index (χ1) is 9.29. The zero-order valence-corrected chi connectivity index (χ0v) is 13.1. The topological polar surface area (TPSA) is 109 Å². The fourth-order valence-corrected chi connectivity index (χ4v) is 2.06. The molecule has 0 amide bonds. The summed E-state index contributed by atoms with van der Waals surface area (Å²) in [7, 11) is -3.99. The number of primary sulfonamides is 1. The van der Waals surface area contributed by atoms with Crippen molar-refractivity contribution in [3.05, 3.63) is 24.0 Å². The molecular weight excluding hydrogens is 299 g/mol. The largest absolute Gasteiger partial charge is 0.481 e. The lowest BCUT2D eigenvalue weighted by Crippen LogP contribution is -2.50. The van der Waals surface area contributed by atoms with Crippen LogP contribution >= 0.6 is 0 Å². The Bertz CT molecular complexity index is 669. The van der Waals surface area contributed by atoms with Gasteiger partial charge < -0.3 is 10.4 Å². The highest BCUT2D eigenvalue weighted by Crippen LogP contribution is 2.34. The zero-order valence-electron chi connectivity index (χ0n) is 12.3. The van der Waals surface area contributed by atoms with Crippen LogP contribution in [0.25, 0.3) is 0 Å². The Hall–Kier alpha value is -1.67. The van der Waals surface area contributed by atoms with Crippen LogP contribution in [-0.2, 0) is 14.8 Å². The molecule has 1 aromatic carbocycles. The summed E-state index contributed by atoms with van der Waals surface area (Å²) < 4.78 is 36.3. The van der Waals surface area contributed by atoms with Crippen molar-refractivity contribution in [1.29, 1.82) is 0 Å². The minimum absolute atomic E-state index is 0.00160. The van der Waals surface area contributed by atoms with Crippen molar-refractivity contribution in [3.8, 4) is 0 Å². The number of benzene rings is 1. The number of carbonyl (C=O) groups is 1. The van der Waals surface area contributed by atoms with Crippen LogP contribution in [0.1, 0.15) is 27.7 Å². The highest BCUT2D eigenvalue weighted by atomic mass is 32.2. The lowest BCUT2D eigenvalue weighted by atomic mass is 9.74. The third-order valence-corrected chi connectivity index (χ3v) is 4.72. The van der Waals surface area contributed by atoms with Crippen LogP contribution in [0.3, 0.4) is 0 Å². The molecule has 0 aliphatic heterocycles. The van der Waals surface area contributed by atoms with E-state index in [4.69, 9.17) is 5.14 Å². The molecular formula is C13H19FN2O4S. The molecule has 118 valence electrons. The first-order valence-electron chi connectivity index (χ1n) is 6.13. The average molecular weight is 318 g/mol. The summed E-state index contributed by atoms with van der Waals surface area (Å²) in [4.78, 5) is 11.0. The van der Waals surface area contributed by atoms with Gasteiger partial charge in [0.15, 0.2) is 0 Å². The lowest BCUT2D eigenvalue weighted by molar-refractivity contribution is -0.149. The lowest BCUT2D eigenvalue weighted by Gasteiger charge is -2.39. The first kappa shape index (κ1) is 17.4. The standard InChI is InChI=1S/C13H19FN2O4S/c1-12(2,11(17)18)13(3,4)16-10-6-5-8(7-9(10)14)21(15,19)20/h5-7,16H,1-4H3,(H,17,18)(H2,15,19,20). The number of carboxylic acids is 1. The number of sulfonamides is 1. The number of carboxylic acid groups (broad SMARTS) is 1. The molecule has 4 N–H and O–H groups in total. The summed E-state index contributed by atoms with van der Waals surface area (Å²) in [5.41, 5.74) is -2.16. The molecule has 0 bridgehead atoms. The minimum Gasteiger partial charge on any atom is -0.481 e. The Morgan fingerprint density at radius 3 is 2.19 bits per heavy atom. The highest BCUT2D eigenvalue weighted by Gasteiger charge is 2.43. The van der Waals surface area contributed by atoms with Crippen molar-refractivity contribution >= 4 is 21.7 Å². The fraction of sp³-hybridized carbons (Fsp3) is 0.462. The normalized spacial score (nSPS) is 13.0. The summed E-state index contributed by atoms with van der Waals surface area (Å²) in [5.74, 6) is -1.86. The monoisotopic (exact) mass is 318 g/mol. The van der Waals surface area contributed by atoms with E-state index in [-0.39, 0.29) is 10.6 Å². The van der Waals surface area contributed by atoms with Crippen LogP contribution in [0, 0.1) is 11.2 Å². The molecule has 0 aliphatic rings. The number of halogens is 1. The third kappa shape index (κ3) is 3.51. The molecule has 6 nitrogen and oxygen atoms in total. The second-order valence-electron chi connectivity index (χ2n) is 5.87. The first-order valence-corrected chi connectivity index (χ1v) is 7.67. The van der Waals surface area contributed by atoms with Gasteiger partial charge in [0.1, 0.15) is 5.82 Å². The quantitative estimate of drug-likeness (QED) is 0.766. The van der Waals surface area contributed by atoms with Crippen LogP contribution in [-0.4, -0.2) is 25.0 Å². The minimum atomic E-state index is -3.99. The van der Waals surface area contributed by atoms with Gasteiger partial charge >= 0.3 is 5.97 Å². The number of aliphatic carboxylic acids is 1. The second kappa shape index (κ2) is 5.27. The summed E-state index contributed by atoms with van der Waals surface area (Å²) in [5, 5.41) is 17.0. The zero-order chi connectivity index (χ0) is 16.6. The van der Waals surface area contributed by atoms with Crippen LogP contribution < -0.4 is 10.5 Å². The molecule has 1 rings (SSSR count). The van der Waals surface area contributed by atoms with Gasteiger partial charge in [-0.1, -0.05) is 0 Å². The molecule has 1 aromatic rings. The molecule has 0 saturated heterocycles. The molecule has 0 atom stereocenters. The Balaban J connectivity index is 3.18. The molecule has 0 aromatic heterocycles. The van der Waals surface area contributed by atoms with Gasteiger partial charge in [-0.2, -0.15) is 0 Å². The van der Waals surface area contributed by atoms with E-state index in [2.05, 4.69) is 5.32 Å². The van der Waals surface area contributed by atoms with Gasteiger partial charge in [0.2, 0.25) is 10.0 Å². The number of nitrogens with one attached hydrogen (secondary N) is 1. The van der Waals surface area contributed by atoms with Crippen LogP contribution in [0.5, 0.6) is 0 Å². The van der Waals surface area contributed by atoms with Crippen molar-refractivity contribution in [2.75, 3.05) is 5.32 Å². The third-order valence-electron chi connectivity index (χ3n) is 3.81. The number of hydrogen-bond acceptors (Lipinski definition) is 4.